The summed E-state index contributed by atoms with van der Waals surface area (Å²) in [4.78, 5) is 21.1. The zero-order valence-electron chi connectivity index (χ0n) is 20.6. The molecule has 0 saturated heterocycles. The third-order valence-corrected chi connectivity index (χ3v) is 5.73. The highest BCUT2D eigenvalue weighted by atomic mass is 16.4. The maximum absolute atomic E-state index is 10.9. The number of unbranched alkanes of at least 4 members (excludes halogenated alkanes) is 15. The lowest BCUT2D eigenvalue weighted by molar-refractivity contribution is -0.147. The minimum Gasteiger partial charge on any atom is -0.481 e. The van der Waals surface area contributed by atoms with Crippen LogP contribution in [0.2, 0.25) is 0 Å². The lowest BCUT2D eigenvalue weighted by Gasteiger charge is -2.18. The highest BCUT2D eigenvalue weighted by molar-refractivity contribution is 5.73. The first-order valence-electron chi connectivity index (χ1n) is 12.7. The number of carboxylic acid groups (broad SMARTS) is 2. The molecule has 0 amide bonds. The van der Waals surface area contributed by atoms with Crippen molar-refractivity contribution in [3.63, 3.8) is 0 Å². The number of hydrogen-bond donors (Lipinski definition) is 2. The molecular weight excluding hydrogens is 376 g/mol. The van der Waals surface area contributed by atoms with Crippen LogP contribution in [0, 0.1) is 5.41 Å². The maximum Gasteiger partial charge on any atom is 0.309 e. The Morgan fingerprint density at radius 1 is 0.567 bits per heavy atom. The van der Waals surface area contributed by atoms with E-state index >= 15 is 0 Å². The van der Waals surface area contributed by atoms with Crippen LogP contribution in [0.15, 0.2) is 0 Å². The van der Waals surface area contributed by atoms with Crippen LogP contribution in [0.4, 0.5) is 0 Å². The van der Waals surface area contributed by atoms with E-state index in [-0.39, 0.29) is 0 Å². The molecule has 0 unspecified atom stereocenters. The van der Waals surface area contributed by atoms with Gasteiger partial charge in [0.25, 0.3) is 0 Å². The Labute approximate surface area is 187 Å². The highest BCUT2D eigenvalue weighted by Crippen LogP contribution is 2.24. The molecule has 0 aromatic carbocycles. The quantitative estimate of drug-likeness (QED) is 0.190. The first-order valence-corrected chi connectivity index (χ1v) is 12.7. The van der Waals surface area contributed by atoms with Gasteiger partial charge in [-0.2, -0.15) is 0 Å². The summed E-state index contributed by atoms with van der Waals surface area (Å²) < 4.78 is 0. The molecule has 0 radical (unpaired) electrons. The second kappa shape index (κ2) is 22.6. The fourth-order valence-electron chi connectivity index (χ4n) is 3.39. The van der Waals surface area contributed by atoms with E-state index in [2.05, 4.69) is 13.8 Å². The highest BCUT2D eigenvalue weighted by Gasteiger charge is 2.25. The van der Waals surface area contributed by atoms with Gasteiger partial charge in [-0.3, -0.25) is 9.59 Å². The normalized spacial score (nSPS) is 11.1. The van der Waals surface area contributed by atoms with Gasteiger partial charge in [-0.1, -0.05) is 117 Å². The Morgan fingerprint density at radius 2 is 0.900 bits per heavy atom. The molecule has 30 heavy (non-hydrogen) atoms. The van der Waals surface area contributed by atoms with Crippen LogP contribution < -0.4 is 0 Å². The van der Waals surface area contributed by atoms with Crippen molar-refractivity contribution in [2.24, 2.45) is 5.41 Å². The minimum absolute atomic E-state index is 0.343. The zero-order chi connectivity index (χ0) is 23.1. The molecule has 0 fully saturated rings. The van der Waals surface area contributed by atoms with Crippen molar-refractivity contribution < 1.29 is 19.8 Å². The molecule has 4 heteroatoms. The van der Waals surface area contributed by atoms with Crippen LogP contribution in [0.1, 0.15) is 150 Å². The summed E-state index contributed by atoms with van der Waals surface area (Å²) >= 11 is 0. The summed E-state index contributed by atoms with van der Waals surface area (Å²) in [6.45, 7) is 8.09. The largest absolute Gasteiger partial charge is 0.481 e. The van der Waals surface area contributed by atoms with Gasteiger partial charge >= 0.3 is 11.9 Å². The second-order valence-corrected chi connectivity index (χ2v) is 9.39. The lowest BCUT2D eigenvalue weighted by atomic mass is 9.87. The van der Waals surface area contributed by atoms with E-state index in [9.17, 15) is 9.59 Å². The summed E-state index contributed by atoms with van der Waals surface area (Å²) in [6.07, 6.45) is 22.4. The molecule has 0 heterocycles. The fourth-order valence-corrected chi connectivity index (χ4v) is 3.39. The molecule has 0 saturated carbocycles. The van der Waals surface area contributed by atoms with Gasteiger partial charge < -0.3 is 10.2 Å². The number of rotatable bonds is 20. The third kappa shape index (κ3) is 25.0. The molecule has 0 spiro atoms. The van der Waals surface area contributed by atoms with Gasteiger partial charge in [-0.05, 0) is 26.7 Å². The molecule has 180 valence electrons. The van der Waals surface area contributed by atoms with Crippen LogP contribution in [0.25, 0.3) is 0 Å². The van der Waals surface area contributed by atoms with Crippen molar-refractivity contribution in [1.29, 1.82) is 0 Å². The second-order valence-electron chi connectivity index (χ2n) is 9.39. The van der Waals surface area contributed by atoms with Gasteiger partial charge in [0.15, 0.2) is 0 Å². The van der Waals surface area contributed by atoms with E-state index in [0.717, 1.165) is 25.7 Å². The Hall–Kier alpha value is -1.06. The zero-order valence-corrected chi connectivity index (χ0v) is 20.6. The molecule has 0 aliphatic rings. The van der Waals surface area contributed by atoms with Gasteiger partial charge in [0.05, 0.1) is 5.41 Å². The minimum atomic E-state index is -0.671. The number of carboxylic acids is 2. The molecule has 0 aromatic rings. The summed E-state index contributed by atoms with van der Waals surface area (Å²) in [5.41, 5.74) is -0.539. The Balaban J connectivity index is 0. The third-order valence-electron chi connectivity index (χ3n) is 5.73. The van der Waals surface area contributed by atoms with Gasteiger partial charge in [0, 0.05) is 6.42 Å². The molecule has 4 nitrogen and oxygen atoms in total. The van der Waals surface area contributed by atoms with E-state index in [1.165, 1.54) is 89.9 Å². The van der Waals surface area contributed by atoms with Crippen molar-refractivity contribution in [1.82, 2.24) is 0 Å². The van der Waals surface area contributed by atoms with Crippen molar-refractivity contribution >= 4 is 11.9 Å². The molecule has 2 N–H and O–H groups in total. The summed E-state index contributed by atoms with van der Waals surface area (Å²) in [5, 5.41) is 17.4. The topological polar surface area (TPSA) is 74.6 Å². The van der Waals surface area contributed by atoms with Crippen molar-refractivity contribution in [3.05, 3.63) is 0 Å². The molecule has 0 aromatic heterocycles. The molecular formula is C26H52O4. The number of hydrogen-bond acceptors (Lipinski definition) is 2. The first kappa shape index (κ1) is 31.1. The fraction of sp³-hybridized carbons (Fsp3) is 0.923. The van der Waals surface area contributed by atoms with Crippen LogP contribution in [0.5, 0.6) is 0 Å². The van der Waals surface area contributed by atoms with Crippen molar-refractivity contribution in [3.8, 4) is 0 Å². The van der Waals surface area contributed by atoms with E-state index in [1.807, 2.05) is 13.8 Å². The molecule has 0 aliphatic carbocycles. The SMILES string of the molecule is CCCCCCCCCCC(C)(C)C(=O)O.CCCCCCCCCCCC(=O)O. The predicted molar refractivity (Wildman–Crippen MR) is 128 cm³/mol. The molecule has 0 atom stereocenters. The van der Waals surface area contributed by atoms with Crippen LogP contribution in [0.3, 0.4) is 0 Å². The van der Waals surface area contributed by atoms with Gasteiger partial charge in [0.2, 0.25) is 0 Å². The van der Waals surface area contributed by atoms with E-state index < -0.39 is 17.4 Å². The van der Waals surface area contributed by atoms with E-state index in [4.69, 9.17) is 10.2 Å². The van der Waals surface area contributed by atoms with Crippen LogP contribution in [-0.4, -0.2) is 22.2 Å². The maximum atomic E-state index is 10.9. The van der Waals surface area contributed by atoms with Crippen LogP contribution >= 0.6 is 0 Å². The van der Waals surface area contributed by atoms with Crippen molar-refractivity contribution in [2.45, 2.75) is 150 Å². The van der Waals surface area contributed by atoms with Gasteiger partial charge in [0.1, 0.15) is 0 Å². The molecule has 0 bridgehead atoms. The predicted octanol–water partition coefficient (Wildman–Crippen LogP) is 8.62. The van der Waals surface area contributed by atoms with E-state index in [1.54, 1.807) is 0 Å². The standard InChI is InChI=1S/C14H28O2.C12H24O2/c1-4-5-6-7-8-9-10-11-12-14(2,3)13(15)16;1-2-3-4-5-6-7-8-9-10-11-12(13)14/h4-12H2,1-3H3,(H,15,16);2-11H2,1H3,(H,13,14). The number of aliphatic carboxylic acids is 2. The monoisotopic (exact) mass is 428 g/mol. The summed E-state index contributed by atoms with van der Waals surface area (Å²) in [6, 6.07) is 0. The Morgan fingerprint density at radius 3 is 1.23 bits per heavy atom. The summed E-state index contributed by atoms with van der Waals surface area (Å²) in [5.74, 6) is -1.33. The smallest absolute Gasteiger partial charge is 0.309 e. The van der Waals surface area contributed by atoms with Crippen LogP contribution in [-0.2, 0) is 9.59 Å². The first-order chi connectivity index (χ1) is 14.3. The average Bonchev–Trinajstić information content (AvgIpc) is 2.69. The van der Waals surface area contributed by atoms with Gasteiger partial charge in [-0.15, -0.1) is 0 Å². The molecule has 0 rings (SSSR count). The lowest BCUT2D eigenvalue weighted by Crippen LogP contribution is -2.23. The number of carbonyl (C=O) groups is 2. The van der Waals surface area contributed by atoms with Crippen molar-refractivity contribution in [2.75, 3.05) is 0 Å². The Kier molecular flexibility index (Phi) is 23.5. The Bertz CT molecular complexity index is 390. The summed E-state index contributed by atoms with van der Waals surface area (Å²) in [7, 11) is 0. The van der Waals surface area contributed by atoms with E-state index in [0.29, 0.717) is 6.42 Å². The molecule has 0 aliphatic heterocycles. The van der Waals surface area contributed by atoms with Gasteiger partial charge in [-0.25, -0.2) is 0 Å². The average molecular weight is 429 g/mol.